The Kier molecular flexibility index (Phi) is 6.29. The number of aliphatic hydroxyl groups excluding tert-OH is 1. The highest BCUT2D eigenvalue weighted by Crippen LogP contribution is 2.29. The first-order valence-corrected chi connectivity index (χ1v) is 10.7. The van der Waals surface area contributed by atoms with Crippen LogP contribution in [0.1, 0.15) is 25.0 Å². The molecule has 8 heteroatoms. The summed E-state index contributed by atoms with van der Waals surface area (Å²) in [4.78, 5) is 17.7. The Morgan fingerprint density at radius 2 is 1.77 bits per heavy atom. The maximum atomic E-state index is 11.0. The third-order valence-corrected chi connectivity index (χ3v) is 6.18. The van der Waals surface area contributed by atoms with Crippen LogP contribution in [0, 0.1) is 5.92 Å². The van der Waals surface area contributed by atoms with Crippen molar-refractivity contribution in [1.29, 1.82) is 0 Å². The van der Waals surface area contributed by atoms with Crippen molar-refractivity contribution in [1.82, 2.24) is 14.3 Å². The molecule has 6 nitrogen and oxygen atoms in total. The number of aliphatic hydroxyl groups is 1. The first kappa shape index (κ1) is 21.1. The summed E-state index contributed by atoms with van der Waals surface area (Å²) in [5.41, 5.74) is 3.33. The largest absolute Gasteiger partial charge is 0.481 e. The molecule has 3 heterocycles. The lowest BCUT2D eigenvalue weighted by molar-refractivity contribution is -0.138. The van der Waals surface area contributed by atoms with Crippen molar-refractivity contribution >= 4 is 34.8 Å². The molecule has 0 bridgehead atoms. The molecular formula is C22H23Cl2N3O3. The zero-order valence-corrected chi connectivity index (χ0v) is 17.9. The predicted molar refractivity (Wildman–Crippen MR) is 117 cm³/mol. The van der Waals surface area contributed by atoms with E-state index in [9.17, 15) is 9.90 Å². The van der Waals surface area contributed by atoms with Crippen LogP contribution in [0.3, 0.4) is 0 Å². The molecule has 1 unspecified atom stereocenters. The number of fused-ring (bicyclic) bond motifs is 1. The number of pyridine rings is 1. The lowest BCUT2D eigenvalue weighted by Crippen LogP contribution is -2.43. The van der Waals surface area contributed by atoms with E-state index in [1.54, 1.807) is 6.07 Å². The number of benzene rings is 1. The molecule has 0 saturated carbocycles. The number of aromatic nitrogens is 2. The molecule has 0 amide bonds. The number of piperidine rings is 1. The second-order valence-electron chi connectivity index (χ2n) is 7.75. The van der Waals surface area contributed by atoms with Crippen molar-refractivity contribution in [2.24, 2.45) is 5.92 Å². The molecular weight excluding hydrogens is 425 g/mol. The maximum absolute atomic E-state index is 11.0. The van der Waals surface area contributed by atoms with Gasteiger partial charge in [-0.3, -0.25) is 9.69 Å². The molecule has 30 heavy (non-hydrogen) atoms. The average molecular weight is 448 g/mol. The number of carbonyl (C=O) groups is 1. The Morgan fingerprint density at radius 3 is 2.43 bits per heavy atom. The van der Waals surface area contributed by atoms with Gasteiger partial charge in [-0.25, -0.2) is 4.98 Å². The Hall–Kier alpha value is -2.12. The Labute approximate surface area is 184 Å². The van der Waals surface area contributed by atoms with Gasteiger partial charge in [-0.15, -0.1) is 0 Å². The van der Waals surface area contributed by atoms with E-state index in [1.165, 1.54) is 0 Å². The molecule has 1 fully saturated rings. The minimum absolute atomic E-state index is 0.171. The van der Waals surface area contributed by atoms with Gasteiger partial charge in [0, 0.05) is 42.7 Å². The van der Waals surface area contributed by atoms with Crippen LogP contribution in [0.5, 0.6) is 0 Å². The number of rotatable bonds is 6. The van der Waals surface area contributed by atoms with Crippen LogP contribution >= 0.6 is 23.2 Å². The number of imidazole rings is 1. The molecule has 4 rings (SSSR count). The number of nitrogens with zero attached hydrogens (tertiary/aromatic N) is 3. The van der Waals surface area contributed by atoms with E-state index in [1.807, 2.05) is 45.8 Å². The summed E-state index contributed by atoms with van der Waals surface area (Å²) in [6.07, 6.45) is 3.23. The second-order valence-corrected chi connectivity index (χ2v) is 8.62. The molecule has 1 atom stereocenters. The van der Waals surface area contributed by atoms with Crippen molar-refractivity contribution in [3.63, 3.8) is 0 Å². The minimum atomic E-state index is -0.760. The SMILES string of the molecule is O=C(O)CC1CCN(C(O)Cc2c(-c3ccc(Cl)cc3)nc3ccc(Cl)cn23)CC1. The maximum Gasteiger partial charge on any atom is 0.303 e. The van der Waals surface area contributed by atoms with E-state index in [2.05, 4.69) is 0 Å². The van der Waals surface area contributed by atoms with E-state index < -0.39 is 12.2 Å². The third-order valence-electron chi connectivity index (χ3n) is 5.71. The molecule has 2 N–H and O–H groups in total. The van der Waals surface area contributed by atoms with Gasteiger partial charge in [0.1, 0.15) is 11.9 Å². The normalized spacial score (nSPS) is 16.8. The molecule has 0 spiro atoms. The first-order valence-electron chi connectivity index (χ1n) is 9.97. The lowest BCUT2D eigenvalue weighted by Gasteiger charge is -2.34. The molecule has 158 valence electrons. The number of hydrogen-bond donors (Lipinski definition) is 2. The van der Waals surface area contributed by atoms with Crippen LogP contribution in [0.15, 0.2) is 42.6 Å². The van der Waals surface area contributed by atoms with Gasteiger partial charge < -0.3 is 14.6 Å². The number of likely N-dealkylation sites (tertiary alicyclic amines) is 1. The zero-order valence-electron chi connectivity index (χ0n) is 16.3. The van der Waals surface area contributed by atoms with Crippen LogP contribution in [0.25, 0.3) is 16.9 Å². The van der Waals surface area contributed by atoms with Gasteiger partial charge >= 0.3 is 5.97 Å². The highest BCUT2D eigenvalue weighted by atomic mass is 35.5. The molecule has 1 aromatic carbocycles. The van der Waals surface area contributed by atoms with Crippen LogP contribution in [-0.2, 0) is 11.2 Å². The van der Waals surface area contributed by atoms with Crippen molar-refractivity contribution in [3.8, 4) is 11.3 Å². The second kappa shape index (κ2) is 8.94. The van der Waals surface area contributed by atoms with Crippen LogP contribution in [0.4, 0.5) is 0 Å². The van der Waals surface area contributed by atoms with E-state index >= 15 is 0 Å². The third kappa shape index (κ3) is 4.62. The highest BCUT2D eigenvalue weighted by molar-refractivity contribution is 6.30. The van der Waals surface area contributed by atoms with Gasteiger partial charge in [0.2, 0.25) is 0 Å². The standard InChI is InChI=1S/C22H23Cl2N3O3/c23-16-3-1-15(2-4-16)22-18(27-13-17(24)5-6-19(27)25-22)12-20(28)26-9-7-14(8-10-26)11-21(29)30/h1-6,13-14,20,28H,7-12H2,(H,29,30). The summed E-state index contributed by atoms with van der Waals surface area (Å²) in [6, 6.07) is 11.1. The molecule has 1 aliphatic rings. The summed E-state index contributed by atoms with van der Waals surface area (Å²) in [5.74, 6) is -0.589. The minimum Gasteiger partial charge on any atom is -0.481 e. The molecule has 1 aliphatic heterocycles. The van der Waals surface area contributed by atoms with Crippen LogP contribution in [0.2, 0.25) is 10.0 Å². The Balaban J connectivity index is 1.60. The van der Waals surface area contributed by atoms with Gasteiger partial charge in [0.05, 0.1) is 16.4 Å². The van der Waals surface area contributed by atoms with E-state index in [0.717, 1.165) is 35.4 Å². The average Bonchev–Trinajstić information content (AvgIpc) is 3.06. The van der Waals surface area contributed by atoms with Crippen molar-refractivity contribution in [2.75, 3.05) is 13.1 Å². The molecule has 2 aromatic heterocycles. The topological polar surface area (TPSA) is 78.1 Å². The smallest absolute Gasteiger partial charge is 0.303 e. The summed E-state index contributed by atoms with van der Waals surface area (Å²) in [7, 11) is 0. The fraction of sp³-hybridized carbons (Fsp3) is 0.364. The molecule has 0 aliphatic carbocycles. The first-order chi connectivity index (χ1) is 14.4. The van der Waals surface area contributed by atoms with E-state index in [-0.39, 0.29) is 12.3 Å². The van der Waals surface area contributed by atoms with Gasteiger partial charge in [-0.05, 0) is 43.0 Å². The highest BCUT2D eigenvalue weighted by Gasteiger charge is 2.27. The predicted octanol–water partition coefficient (Wildman–Crippen LogP) is 4.36. The van der Waals surface area contributed by atoms with Gasteiger partial charge in [0.25, 0.3) is 0 Å². The lowest BCUT2D eigenvalue weighted by atomic mass is 9.93. The summed E-state index contributed by atoms with van der Waals surface area (Å²) < 4.78 is 1.92. The van der Waals surface area contributed by atoms with Gasteiger partial charge in [-0.2, -0.15) is 0 Å². The number of aliphatic carboxylic acids is 1. The Morgan fingerprint density at radius 1 is 1.10 bits per heavy atom. The fourth-order valence-corrected chi connectivity index (χ4v) is 4.39. The van der Waals surface area contributed by atoms with Crippen LogP contribution in [-0.4, -0.2) is 49.8 Å². The van der Waals surface area contributed by atoms with Crippen LogP contribution < -0.4 is 0 Å². The monoisotopic (exact) mass is 447 g/mol. The van der Waals surface area contributed by atoms with Gasteiger partial charge in [-0.1, -0.05) is 35.3 Å². The molecule has 3 aromatic rings. The quantitative estimate of drug-likeness (QED) is 0.586. The van der Waals surface area contributed by atoms with Crippen molar-refractivity contribution in [3.05, 3.63) is 58.3 Å². The van der Waals surface area contributed by atoms with E-state index in [0.29, 0.717) is 29.6 Å². The number of halogens is 2. The number of hydrogen-bond acceptors (Lipinski definition) is 4. The molecule has 0 radical (unpaired) electrons. The number of carboxylic acids is 1. The van der Waals surface area contributed by atoms with Crippen molar-refractivity contribution < 1.29 is 15.0 Å². The molecule has 1 saturated heterocycles. The zero-order chi connectivity index (χ0) is 21.3. The summed E-state index contributed by atoms with van der Waals surface area (Å²) in [5, 5.41) is 21.2. The van der Waals surface area contributed by atoms with E-state index in [4.69, 9.17) is 33.3 Å². The summed E-state index contributed by atoms with van der Waals surface area (Å²) >= 11 is 12.3. The number of carboxylic acid groups (broad SMARTS) is 1. The summed E-state index contributed by atoms with van der Waals surface area (Å²) in [6.45, 7) is 1.35. The fourth-order valence-electron chi connectivity index (χ4n) is 4.11. The Bertz CT molecular complexity index is 1040. The van der Waals surface area contributed by atoms with Crippen molar-refractivity contribution in [2.45, 2.75) is 31.9 Å². The van der Waals surface area contributed by atoms with Gasteiger partial charge in [0.15, 0.2) is 0 Å².